The van der Waals surface area contributed by atoms with Gasteiger partial charge in [0.25, 0.3) is 0 Å². The van der Waals surface area contributed by atoms with Crippen LogP contribution in [0, 0.1) is 12.7 Å². The number of carbonyl (C=O) groups excluding carboxylic acids is 1. The molecule has 2 heterocycles. The van der Waals surface area contributed by atoms with Gasteiger partial charge < -0.3 is 14.2 Å². The minimum absolute atomic E-state index is 0.267. The Balaban J connectivity index is 1.76. The molecule has 0 aliphatic carbocycles. The van der Waals surface area contributed by atoms with E-state index in [-0.39, 0.29) is 11.6 Å². The van der Waals surface area contributed by atoms with Crippen LogP contribution in [-0.2, 0) is 0 Å². The number of hydrogen-bond donors (Lipinski definition) is 0. The molecule has 0 spiro atoms. The highest BCUT2D eigenvalue weighted by atomic mass is 32.1. The standard InChI is InChI=1S/C23H20FN3O4S/c1-13-26-27-17(21(25-23(27)32-13)14-5-7-16(24)8-6-14)9-10-18(28)15-11-19(29-2)22(31-4)20(12-15)30-3/h5-12H,1-4H3/b10-9+. The largest absolute Gasteiger partial charge is 0.493 e. The Morgan fingerprint density at radius 1 is 1.06 bits per heavy atom. The fraction of sp³-hybridized carbons (Fsp3) is 0.174. The van der Waals surface area contributed by atoms with Gasteiger partial charge in [0.05, 0.1) is 32.7 Å². The van der Waals surface area contributed by atoms with Crippen LogP contribution in [0.4, 0.5) is 4.39 Å². The number of carbonyl (C=O) groups is 1. The van der Waals surface area contributed by atoms with Gasteiger partial charge in [-0.3, -0.25) is 4.79 Å². The highest BCUT2D eigenvalue weighted by molar-refractivity contribution is 7.16. The number of methoxy groups -OCH3 is 3. The first-order chi connectivity index (χ1) is 15.4. The number of hydrogen-bond acceptors (Lipinski definition) is 7. The van der Waals surface area contributed by atoms with Gasteiger partial charge in [0.2, 0.25) is 10.7 Å². The molecule has 9 heteroatoms. The molecule has 0 amide bonds. The lowest BCUT2D eigenvalue weighted by Crippen LogP contribution is -2.01. The third-order valence-electron chi connectivity index (χ3n) is 4.80. The lowest BCUT2D eigenvalue weighted by molar-refractivity contribution is 0.104. The number of allylic oxidation sites excluding steroid dienone is 1. The van der Waals surface area contributed by atoms with Crippen LogP contribution >= 0.6 is 11.3 Å². The number of benzene rings is 2. The third kappa shape index (κ3) is 3.94. The van der Waals surface area contributed by atoms with E-state index in [4.69, 9.17) is 14.2 Å². The minimum Gasteiger partial charge on any atom is -0.493 e. The van der Waals surface area contributed by atoms with Crippen molar-refractivity contribution in [2.24, 2.45) is 0 Å². The van der Waals surface area contributed by atoms with E-state index in [1.807, 2.05) is 6.92 Å². The van der Waals surface area contributed by atoms with E-state index >= 15 is 0 Å². The first kappa shape index (κ1) is 21.5. The molecule has 4 aromatic rings. The molecule has 0 bridgehead atoms. The van der Waals surface area contributed by atoms with Crippen molar-refractivity contribution in [1.29, 1.82) is 0 Å². The molecule has 0 radical (unpaired) electrons. The van der Waals surface area contributed by atoms with Gasteiger partial charge in [0, 0.05) is 11.1 Å². The highest BCUT2D eigenvalue weighted by Gasteiger charge is 2.18. The summed E-state index contributed by atoms with van der Waals surface area (Å²) in [7, 11) is 4.48. The van der Waals surface area contributed by atoms with Crippen LogP contribution in [0.1, 0.15) is 21.1 Å². The molecule has 2 aromatic heterocycles. The van der Waals surface area contributed by atoms with E-state index in [1.165, 1.54) is 50.9 Å². The Kier molecular flexibility index (Phi) is 5.91. The summed E-state index contributed by atoms with van der Waals surface area (Å²) in [5, 5.41) is 5.32. The van der Waals surface area contributed by atoms with Crippen LogP contribution < -0.4 is 14.2 Å². The maximum absolute atomic E-state index is 13.4. The van der Waals surface area contributed by atoms with Crippen molar-refractivity contribution in [1.82, 2.24) is 14.6 Å². The van der Waals surface area contributed by atoms with Gasteiger partial charge in [-0.05, 0) is 55.5 Å². The van der Waals surface area contributed by atoms with E-state index in [9.17, 15) is 9.18 Å². The van der Waals surface area contributed by atoms with Crippen LogP contribution in [0.2, 0.25) is 0 Å². The molecule has 7 nitrogen and oxygen atoms in total. The smallest absolute Gasteiger partial charge is 0.213 e. The van der Waals surface area contributed by atoms with Gasteiger partial charge in [-0.1, -0.05) is 11.3 Å². The zero-order chi connectivity index (χ0) is 22.8. The quantitative estimate of drug-likeness (QED) is 0.295. The molecule has 0 saturated heterocycles. The molecule has 0 N–H and O–H groups in total. The number of aryl methyl sites for hydroxylation is 1. The molecule has 4 rings (SSSR count). The Morgan fingerprint density at radius 3 is 2.31 bits per heavy atom. The Bertz CT molecular complexity index is 1300. The van der Waals surface area contributed by atoms with Crippen molar-refractivity contribution in [3.8, 4) is 28.5 Å². The molecule has 0 aliphatic heterocycles. The summed E-state index contributed by atoms with van der Waals surface area (Å²) >= 11 is 1.43. The normalized spacial score (nSPS) is 11.3. The van der Waals surface area contributed by atoms with E-state index in [2.05, 4.69) is 10.1 Å². The van der Waals surface area contributed by atoms with Gasteiger partial charge in [-0.2, -0.15) is 5.10 Å². The van der Waals surface area contributed by atoms with Crippen molar-refractivity contribution in [2.75, 3.05) is 21.3 Å². The van der Waals surface area contributed by atoms with Crippen molar-refractivity contribution >= 4 is 28.2 Å². The van der Waals surface area contributed by atoms with E-state index in [0.717, 1.165) is 10.6 Å². The molecule has 0 aliphatic rings. The summed E-state index contributed by atoms with van der Waals surface area (Å²) in [6.45, 7) is 1.88. The molecule has 32 heavy (non-hydrogen) atoms. The predicted molar refractivity (Wildman–Crippen MR) is 120 cm³/mol. The third-order valence-corrected chi connectivity index (χ3v) is 5.62. The van der Waals surface area contributed by atoms with E-state index in [1.54, 1.807) is 34.9 Å². The molecule has 0 unspecified atom stereocenters. The molecular weight excluding hydrogens is 433 g/mol. The van der Waals surface area contributed by atoms with E-state index in [0.29, 0.717) is 39.2 Å². The van der Waals surface area contributed by atoms with Crippen LogP contribution in [0.3, 0.4) is 0 Å². The van der Waals surface area contributed by atoms with Gasteiger partial charge >= 0.3 is 0 Å². The van der Waals surface area contributed by atoms with Crippen molar-refractivity contribution in [2.45, 2.75) is 6.92 Å². The van der Waals surface area contributed by atoms with Crippen molar-refractivity contribution in [3.05, 3.63) is 64.6 Å². The second kappa shape index (κ2) is 8.80. The number of ether oxygens (including phenoxy) is 3. The predicted octanol–water partition coefficient (Wildman–Crippen LogP) is 4.83. The maximum atomic E-state index is 13.4. The lowest BCUT2D eigenvalue weighted by Gasteiger charge is -2.13. The fourth-order valence-electron chi connectivity index (χ4n) is 3.30. The molecule has 2 aromatic carbocycles. The van der Waals surface area contributed by atoms with Crippen LogP contribution in [0.15, 0.2) is 42.5 Å². The Labute approximate surface area is 187 Å². The number of aromatic nitrogens is 3. The van der Waals surface area contributed by atoms with Crippen LogP contribution in [0.25, 0.3) is 22.3 Å². The summed E-state index contributed by atoms with van der Waals surface area (Å²) < 4.78 is 31.0. The lowest BCUT2D eigenvalue weighted by atomic mass is 10.1. The molecule has 0 fully saturated rings. The van der Waals surface area contributed by atoms with Gasteiger partial charge in [0.15, 0.2) is 17.3 Å². The number of nitrogens with zero attached hydrogens (tertiary/aromatic N) is 3. The molecule has 0 saturated carbocycles. The number of ketones is 1. The second-order valence-electron chi connectivity index (χ2n) is 6.78. The number of fused-ring (bicyclic) bond motifs is 1. The van der Waals surface area contributed by atoms with Crippen molar-refractivity contribution in [3.63, 3.8) is 0 Å². The fourth-order valence-corrected chi connectivity index (χ4v) is 4.05. The average Bonchev–Trinajstić information content (AvgIpc) is 3.32. The topological polar surface area (TPSA) is 75.0 Å². The first-order valence-electron chi connectivity index (χ1n) is 9.59. The zero-order valence-electron chi connectivity index (χ0n) is 17.9. The SMILES string of the molecule is COc1cc(C(=O)/C=C/c2c(-c3ccc(F)cc3)nc3sc(C)nn23)cc(OC)c1OC. The number of halogens is 1. The summed E-state index contributed by atoms with van der Waals surface area (Å²) in [5.74, 6) is 0.578. The summed E-state index contributed by atoms with van der Waals surface area (Å²) in [4.78, 5) is 18.3. The minimum atomic E-state index is -0.335. The monoisotopic (exact) mass is 453 g/mol. The van der Waals surface area contributed by atoms with E-state index < -0.39 is 0 Å². The van der Waals surface area contributed by atoms with Crippen LogP contribution in [0.5, 0.6) is 17.2 Å². The maximum Gasteiger partial charge on any atom is 0.213 e. The molecule has 164 valence electrons. The zero-order valence-corrected chi connectivity index (χ0v) is 18.7. The van der Waals surface area contributed by atoms with Gasteiger partial charge in [-0.15, -0.1) is 0 Å². The summed E-state index contributed by atoms with van der Waals surface area (Å²) in [6, 6.07) is 9.22. The Hall–Kier alpha value is -3.72. The van der Waals surface area contributed by atoms with Crippen molar-refractivity contribution < 1.29 is 23.4 Å². The van der Waals surface area contributed by atoms with Gasteiger partial charge in [-0.25, -0.2) is 13.9 Å². The number of rotatable bonds is 7. The van der Waals surface area contributed by atoms with Gasteiger partial charge in [0.1, 0.15) is 10.8 Å². The average molecular weight is 453 g/mol. The summed E-state index contributed by atoms with van der Waals surface area (Å²) in [5.41, 5.74) is 2.32. The molecular formula is C23H20FN3O4S. The second-order valence-corrected chi connectivity index (χ2v) is 7.94. The molecule has 0 atom stereocenters. The Morgan fingerprint density at radius 2 is 1.72 bits per heavy atom. The summed E-state index contributed by atoms with van der Waals surface area (Å²) in [6.07, 6.45) is 3.09. The van der Waals surface area contributed by atoms with Crippen LogP contribution in [-0.4, -0.2) is 41.7 Å². The highest BCUT2D eigenvalue weighted by Crippen LogP contribution is 2.38. The first-order valence-corrected chi connectivity index (χ1v) is 10.4. The number of imidazole rings is 1.